The lowest BCUT2D eigenvalue weighted by molar-refractivity contribution is -0.440. The molecule has 0 amide bonds. The van der Waals surface area contributed by atoms with E-state index in [4.69, 9.17) is 4.74 Å². The van der Waals surface area contributed by atoms with Crippen LogP contribution in [0.1, 0.15) is 64.7 Å². The van der Waals surface area contributed by atoms with Crippen molar-refractivity contribution in [3.05, 3.63) is 34.5 Å². The fourth-order valence-electron chi connectivity index (χ4n) is 3.37. The first-order chi connectivity index (χ1) is 19.1. The van der Waals surface area contributed by atoms with Crippen molar-refractivity contribution < 1.29 is 71.3 Å². The number of ether oxygens (including phenoxy) is 2. The smallest absolute Gasteiger partial charge is 0.460 e. The van der Waals surface area contributed by atoms with Gasteiger partial charge in [-0.2, -0.15) is 57.1 Å². The van der Waals surface area contributed by atoms with Crippen LogP contribution in [0, 0.1) is 0 Å². The van der Waals surface area contributed by atoms with Gasteiger partial charge in [-0.15, -0.1) is 0 Å². The standard InChI is InChI=1S/C25H27F13O4/c1-2-3-4-5-6-7-8-9-19(40)42-18-13-11-16(10-12-17(18)39)41-15-14-20(26,27)21(28,29)22(30,31)23(32,33)24(34,35)25(36,37)38/h10-13H,2-9,14-15H2,1H3. The largest absolute Gasteiger partial charge is 0.493 e. The predicted octanol–water partition coefficient (Wildman–Crippen LogP) is 8.60. The van der Waals surface area contributed by atoms with E-state index in [1.807, 2.05) is 0 Å². The SMILES string of the molecule is CCCCCCCCCC(=O)Oc1ccc(OCCC(F)(F)C(F)(F)C(F)(F)C(F)(F)C(F)(F)C(F)(F)F)ccc1=O. The lowest BCUT2D eigenvalue weighted by Gasteiger charge is -2.39. The van der Waals surface area contributed by atoms with E-state index in [0.717, 1.165) is 56.7 Å². The van der Waals surface area contributed by atoms with Crippen molar-refractivity contribution in [3.63, 3.8) is 0 Å². The third-order valence-corrected chi connectivity index (χ3v) is 5.93. The Balaban J connectivity index is 2.86. The molecule has 0 aliphatic heterocycles. The summed E-state index contributed by atoms with van der Waals surface area (Å²) in [7, 11) is 0. The maximum atomic E-state index is 13.9. The minimum atomic E-state index is -7.98. The molecule has 4 nitrogen and oxygen atoms in total. The summed E-state index contributed by atoms with van der Waals surface area (Å²) < 4.78 is 181. The summed E-state index contributed by atoms with van der Waals surface area (Å²) in [5.74, 6) is -39.3. The summed E-state index contributed by atoms with van der Waals surface area (Å²) in [6.45, 7) is 0.364. The third kappa shape index (κ3) is 8.42. The van der Waals surface area contributed by atoms with Crippen LogP contribution in [-0.4, -0.2) is 48.4 Å². The molecule has 0 saturated carbocycles. The summed E-state index contributed by atoms with van der Waals surface area (Å²) in [4.78, 5) is 24.0. The van der Waals surface area contributed by atoms with Crippen LogP contribution in [0.3, 0.4) is 0 Å². The topological polar surface area (TPSA) is 52.6 Å². The van der Waals surface area contributed by atoms with Gasteiger partial charge in [0.1, 0.15) is 5.75 Å². The van der Waals surface area contributed by atoms with E-state index in [0.29, 0.717) is 12.5 Å². The normalized spacial score (nSPS) is 13.7. The second-order valence-electron chi connectivity index (χ2n) is 9.24. The van der Waals surface area contributed by atoms with Gasteiger partial charge < -0.3 is 9.47 Å². The number of carbonyl (C=O) groups is 1. The van der Waals surface area contributed by atoms with Gasteiger partial charge in [0.15, 0.2) is 5.75 Å². The molecule has 0 aliphatic carbocycles. The third-order valence-electron chi connectivity index (χ3n) is 5.93. The highest BCUT2D eigenvalue weighted by Gasteiger charge is 2.90. The number of esters is 1. The highest BCUT2D eigenvalue weighted by molar-refractivity contribution is 5.72. The summed E-state index contributed by atoms with van der Waals surface area (Å²) >= 11 is 0. The quantitative estimate of drug-likeness (QED) is 0.0975. The van der Waals surface area contributed by atoms with E-state index < -0.39 is 71.7 Å². The summed E-state index contributed by atoms with van der Waals surface area (Å²) in [6.07, 6.45) is -3.85. The first kappa shape index (κ1) is 37.3. The highest BCUT2D eigenvalue weighted by atomic mass is 19.4. The first-order valence-corrected chi connectivity index (χ1v) is 12.5. The maximum absolute atomic E-state index is 13.9. The fourth-order valence-corrected chi connectivity index (χ4v) is 3.37. The van der Waals surface area contributed by atoms with Gasteiger partial charge in [0.2, 0.25) is 5.43 Å². The molecular weight excluding hydrogens is 611 g/mol. The van der Waals surface area contributed by atoms with Gasteiger partial charge in [-0.05, 0) is 30.7 Å². The molecule has 0 N–H and O–H groups in total. The van der Waals surface area contributed by atoms with Gasteiger partial charge in [0.25, 0.3) is 0 Å². The van der Waals surface area contributed by atoms with E-state index in [9.17, 15) is 66.7 Å². The molecule has 0 radical (unpaired) electrons. The van der Waals surface area contributed by atoms with Crippen LogP contribution in [0.15, 0.2) is 29.1 Å². The molecule has 242 valence electrons. The van der Waals surface area contributed by atoms with Gasteiger partial charge in [-0.1, -0.05) is 45.4 Å². The Kier molecular flexibility index (Phi) is 12.6. The van der Waals surface area contributed by atoms with Crippen LogP contribution in [0.4, 0.5) is 57.1 Å². The maximum Gasteiger partial charge on any atom is 0.460 e. The molecule has 0 heterocycles. The number of alkyl halides is 13. The molecule has 17 heteroatoms. The van der Waals surface area contributed by atoms with Crippen molar-refractivity contribution >= 4 is 5.97 Å². The molecule has 1 aromatic carbocycles. The number of unbranched alkanes of at least 4 members (excludes halogenated alkanes) is 6. The monoisotopic (exact) mass is 638 g/mol. The van der Waals surface area contributed by atoms with Crippen molar-refractivity contribution in [1.29, 1.82) is 0 Å². The van der Waals surface area contributed by atoms with Crippen molar-refractivity contribution in [3.8, 4) is 11.5 Å². The number of rotatable bonds is 17. The van der Waals surface area contributed by atoms with Crippen LogP contribution in [-0.2, 0) is 4.79 Å². The molecule has 0 saturated heterocycles. The lowest BCUT2D eigenvalue weighted by atomic mass is 9.93. The molecule has 0 spiro atoms. The Hall–Kier alpha value is -2.75. The van der Waals surface area contributed by atoms with Crippen LogP contribution in [0.5, 0.6) is 11.5 Å². The van der Waals surface area contributed by atoms with E-state index in [-0.39, 0.29) is 6.42 Å². The van der Waals surface area contributed by atoms with Gasteiger partial charge >= 0.3 is 41.8 Å². The number of hydrogen-bond donors (Lipinski definition) is 0. The molecule has 0 bridgehead atoms. The Morgan fingerprint density at radius 1 is 0.667 bits per heavy atom. The summed E-state index contributed by atoms with van der Waals surface area (Å²) in [6, 6.07) is 3.06. The zero-order chi connectivity index (χ0) is 32.6. The number of hydrogen-bond acceptors (Lipinski definition) is 4. The summed E-state index contributed by atoms with van der Waals surface area (Å²) in [5.41, 5.74) is -0.929. The van der Waals surface area contributed by atoms with E-state index >= 15 is 0 Å². The van der Waals surface area contributed by atoms with Crippen LogP contribution in [0.2, 0.25) is 0 Å². The van der Waals surface area contributed by atoms with Gasteiger partial charge in [0, 0.05) is 6.42 Å². The predicted molar refractivity (Wildman–Crippen MR) is 122 cm³/mol. The van der Waals surface area contributed by atoms with Crippen LogP contribution < -0.4 is 14.9 Å². The highest BCUT2D eigenvalue weighted by Crippen LogP contribution is 2.60. The number of carbonyl (C=O) groups excluding carboxylic acids is 1. The van der Waals surface area contributed by atoms with Crippen molar-refractivity contribution in [2.75, 3.05) is 6.61 Å². The molecule has 0 atom stereocenters. The molecular formula is C25H27F13O4. The second-order valence-corrected chi connectivity index (χ2v) is 9.24. The van der Waals surface area contributed by atoms with Crippen molar-refractivity contribution in [2.45, 2.75) is 101 Å². The number of halogens is 13. The van der Waals surface area contributed by atoms with Gasteiger partial charge in [0.05, 0.1) is 13.0 Å². The Morgan fingerprint density at radius 2 is 1.17 bits per heavy atom. The molecule has 0 aliphatic rings. The molecule has 1 rings (SSSR count). The Morgan fingerprint density at radius 3 is 1.71 bits per heavy atom. The summed E-state index contributed by atoms with van der Waals surface area (Å²) in [5, 5.41) is 0. The average molecular weight is 638 g/mol. The second kappa shape index (κ2) is 14.1. The van der Waals surface area contributed by atoms with Crippen molar-refractivity contribution in [1.82, 2.24) is 0 Å². The van der Waals surface area contributed by atoms with E-state index in [2.05, 4.69) is 11.7 Å². The first-order valence-electron chi connectivity index (χ1n) is 12.5. The van der Waals surface area contributed by atoms with Crippen LogP contribution >= 0.6 is 0 Å². The molecule has 0 fully saturated rings. The molecule has 0 aromatic heterocycles. The van der Waals surface area contributed by atoms with E-state index in [1.165, 1.54) is 0 Å². The van der Waals surface area contributed by atoms with Gasteiger partial charge in [-0.25, -0.2) is 0 Å². The van der Waals surface area contributed by atoms with Crippen molar-refractivity contribution in [2.24, 2.45) is 0 Å². The van der Waals surface area contributed by atoms with Gasteiger partial charge in [-0.3, -0.25) is 9.59 Å². The minimum absolute atomic E-state index is 0.0446. The Bertz CT molecular complexity index is 1090. The van der Waals surface area contributed by atoms with E-state index in [1.54, 1.807) is 0 Å². The molecule has 1 aromatic rings. The zero-order valence-corrected chi connectivity index (χ0v) is 21.9. The zero-order valence-electron chi connectivity index (χ0n) is 21.9. The molecule has 0 unspecified atom stereocenters. The minimum Gasteiger partial charge on any atom is -0.493 e. The van der Waals surface area contributed by atoms with Crippen LogP contribution in [0.25, 0.3) is 0 Å². The molecule has 42 heavy (non-hydrogen) atoms. The lowest BCUT2D eigenvalue weighted by Crippen LogP contribution is -2.70. The Labute approximate surface area is 231 Å². The average Bonchev–Trinajstić information content (AvgIpc) is 3.03. The fraction of sp³-hybridized carbons (Fsp3) is 0.680.